The molecule has 0 unspecified atom stereocenters. The van der Waals surface area contributed by atoms with E-state index in [0.29, 0.717) is 13.1 Å². The van der Waals surface area contributed by atoms with Crippen LogP contribution in [0.2, 0.25) is 0 Å². The van der Waals surface area contributed by atoms with Crippen molar-refractivity contribution in [2.24, 2.45) is 0 Å². The first-order chi connectivity index (χ1) is 6.63. The summed E-state index contributed by atoms with van der Waals surface area (Å²) >= 11 is 3.41. The second kappa shape index (κ2) is 5.34. The molecule has 0 spiro atoms. The quantitative estimate of drug-likeness (QED) is 0.863. The number of likely N-dealkylation sites (N-methyl/N-ethyl adjacent to an activating group) is 1. The van der Waals surface area contributed by atoms with Crippen molar-refractivity contribution >= 4 is 15.9 Å². The van der Waals surface area contributed by atoms with Crippen molar-refractivity contribution in [1.29, 1.82) is 0 Å². The summed E-state index contributed by atoms with van der Waals surface area (Å²) in [5.74, 6) is 0.264. The van der Waals surface area contributed by atoms with Gasteiger partial charge in [0.05, 0.1) is 6.61 Å². The van der Waals surface area contributed by atoms with Gasteiger partial charge in [-0.1, -0.05) is 15.9 Å². The van der Waals surface area contributed by atoms with Gasteiger partial charge in [-0.2, -0.15) is 0 Å². The van der Waals surface area contributed by atoms with Crippen molar-refractivity contribution in [3.63, 3.8) is 0 Å². The van der Waals surface area contributed by atoms with Gasteiger partial charge in [-0.25, -0.2) is 0 Å². The highest BCUT2D eigenvalue weighted by atomic mass is 79.9. The predicted octanol–water partition coefficient (Wildman–Crippen LogP) is 1.58. The molecule has 2 N–H and O–H groups in total. The van der Waals surface area contributed by atoms with Gasteiger partial charge in [0.25, 0.3) is 0 Å². The maximum atomic E-state index is 9.29. The van der Waals surface area contributed by atoms with Gasteiger partial charge in [0.2, 0.25) is 0 Å². The number of phenols is 1. The zero-order valence-corrected chi connectivity index (χ0v) is 9.66. The molecule has 1 aromatic carbocycles. The van der Waals surface area contributed by atoms with Crippen molar-refractivity contribution in [3.8, 4) is 5.75 Å². The number of hydrogen-bond donors (Lipinski definition) is 2. The van der Waals surface area contributed by atoms with E-state index in [1.807, 2.05) is 18.0 Å². The van der Waals surface area contributed by atoms with Gasteiger partial charge >= 0.3 is 0 Å². The molecule has 14 heavy (non-hydrogen) atoms. The summed E-state index contributed by atoms with van der Waals surface area (Å²) in [6.07, 6.45) is 0. The van der Waals surface area contributed by atoms with Crippen LogP contribution in [0.3, 0.4) is 0 Å². The molecule has 1 aromatic rings. The molecular weight excluding hydrogens is 246 g/mol. The first-order valence-corrected chi connectivity index (χ1v) is 5.19. The molecular formula is C10H14BrNO2. The zero-order chi connectivity index (χ0) is 10.6. The highest BCUT2D eigenvalue weighted by Gasteiger charge is 2.04. The van der Waals surface area contributed by atoms with Gasteiger partial charge in [0.1, 0.15) is 5.75 Å². The van der Waals surface area contributed by atoms with Crippen LogP contribution in [0.5, 0.6) is 5.75 Å². The third-order valence-electron chi connectivity index (χ3n) is 1.95. The molecule has 3 nitrogen and oxygen atoms in total. The van der Waals surface area contributed by atoms with Crippen molar-refractivity contribution < 1.29 is 10.2 Å². The maximum Gasteiger partial charge on any atom is 0.115 e. The molecule has 0 aromatic heterocycles. The van der Waals surface area contributed by atoms with Gasteiger partial charge < -0.3 is 10.2 Å². The van der Waals surface area contributed by atoms with Gasteiger partial charge in [-0.05, 0) is 30.8 Å². The van der Waals surface area contributed by atoms with E-state index in [0.717, 1.165) is 10.0 Å². The molecule has 1 rings (SSSR count). The van der Waals surface area contributed by atoms with Crippen LogP contribution in [0, 0.1) is 0 Å². The SMILES string of the molecule is CN(CCO)Cc1cc(O)ccc1Br. The predicted molar refractivity (Wildman–Crippen MR) is 59.2 cm³/mol. The van der Waals surface area contributed by atoms with Crippen molar-refractivity contribution in [2.75, 3.05) is 20.2 Å². The van der Waals surface area contributed by atoms with Crippen LogP contribution in [0.1, 0.15) is 5.56 Å². The lowest BCUT2D eigenvalue weighted by Crippen LogP contribution is -2.21. The molecule has 0 saturated heterocycles. The summed E-state index contributed by atoms with van der Waals surface area (Å²) in [7, 11) is 1.92. The number of nitrogens with zero attached hydrogens (tertiary/aromatic N) is 1. The summed E-state index contributed by atoms with van der Waals surface area (Å²) in [5.41, 5.74) is 1.01. The Morgan fingerprint density at radius 1 is 1.43 bits per heavy atom. The fourth-order valence-electron chi connectivity index (χ4n) is 1.22. The van der Waals surface area contributed by atoms with Crippen LogP contribution in [-0.4, -0.2) is 35.3 Å². The Hall–Kier alpha value is -0.580. The maximum absolute atomic E-state index is 9.29. The highest BCUT2D eigenvalue weighted by Crippen LogP contribution is 2.22. The second-order valence-corrected chi connectivity index (χ2v) is 4.09. The van der Waals surface area contributed by atoms with E-state index in [1.54, 1.807) is 12.1 Å². The first kappa shape index (κ1) is 11.5. The summed E-state index contributed by atoms with van der Waals surface area (Å²) in [4.78, 5) is 1.99. The van der Waals surface area contributed by atoms with E-state index >= 15 is 0 Å². The van der Waals surface area contributed by atoms with Crippen LogP contribution in [0.25, 0.3) is 0 Å². The van der Waals surface area contributed by atoms with Gasteiger partial charge in [0, 0.05) is 17.6 Å². The smallest absolute Gasteiger partial charge is 0.115 e. The number of aliphatic hydroxyl groups excluding tert-OH is 1. The third kappa shape index (κ3) is 3.29. The van der Waals surface area contributed by atoms with Crippen LogP contribution < -0.4 is 0 Å². The monoisotopic (exact) mass is 259 g/mol. The Labute approximate surface area is 92.1 Å². The molecule has 78 valence electrons. The number of benzene rings is 1. The number of aromatic hydroxyl groups is 1. The Morgan fingerprint density at radius 3 is 2.79 bits per heavy atom. The van der Waals surface area contributed by atoms with Gasteiger partial charge in [-0.15, -0.1) is 0 Å². The minimum atomic E-state index is 0.146. The fraction of sp³-hybridized carbons (Fsp3) is 0.400. The molecule has 0 heterocycles. The number of rotatable bonds is 4. The molecule has 0 fully saturated rings. The Bertz CT molecular complexity index is 304. The van der Waals surface area contributed by atoms with E-state index < -0.39 is 0 Å². The number of phenolic OH excluding ortho intramolecular Hbond substituents is 1. The molecule has 0 bridgehead atoms. The Morgan fingerprint density at radius 2 is 2.14 bits per heavy atom. The van der Waals surface area contributed by atoms with E-state index in [9.17, 15) is 5.11 Å². The average Bonchev–Trinajstić information content (AvgIpc) is 2.12. The lowest BCUT2D eigenvalue weighted by Gasteiger charge is -2.16. The molecule has 0 saturated carbocycles. The van der Waals surface area contributed by atoms with Crippen molar-refractivity contribution in [3.05, 3.63) is 28.2 Å². The van der Waals surface area contributed by atoms with E-state index in [2.05, 4.69) is 15.9 Å². The molecule has 4 heteroatoms. The highest BCUT2D eigenvalue weighted by molar-refractivity contribution is 9.10. The van der Waals surface area contributed by atoms with Crippen LogP contribution in [0.15, 0.2) is 22.7 Å². The van der Waals surface area contributed by atoms with Crippen molar-refractivity contribution in [2.45, 2.75) is 6.54 Å². The van der Waals surface area contributed by atoms with E-state index in [4.69, 9.17) is 5.11 Å². The normalized spacial score (nSPS) is 10.9. The van der Waals surface area contributed by atoms with E-state index in [-0.39, 0.29) is 12.4 Å². The topological polar surface area (TPSA) is 43.7 Å². The molecule has 0 amide bonds. The summed E-state index contributed by atoms with van der Waals surface area (Å²) < 4.78 is 0.972. The number of aliphatic hydroxyl groups is 1. The summed E-state index contributed by atoms with van der Waals surface area (Å²) in [6.45, 7) is 1.48. The molecule has 0 atom stereocenters. The lowest BCUT2D eigenvalue weighted by atomic mass is 10.2. The minimum absolute atomic E-state index is 0.146. The summed E-state index contributed by atoms with van der Waals surface area (Å²) in [5, 5.41) is 18.0. The first-order valence-electron chi connectivity index (χ1n) is 4.40. The third-order valence-corrected chi connectivity index (χ3v) is 2.72. The number of hydrogen-bond acceptors (Lipinski definition) is 3. The lowest BCUT2D eigenvalue weighted by molar-refractivity contribution is 0.217. The largest absolute Gasteiger partial charge is 0.508 e. The fourth-order valence-corrected chi connectivity index (χ4v) is 1.59. The second-order valence-electron chi connectivity index (χ2n) is 3.24. The Balaban J connectivity index is 2.70. The van der Waals surface area contributed by atoms with Crippen molar-refractivity contribution in [1.82, 2.24) is 4.90 Å². The number of halogens is 1. The molecule has 0 aliphatic heterocycles. The van der Waals surface area contributed by atoms with Gasteiger partial charge in [-0.3, -0.25) is 4.90 Å². The average molecular weight is 260 g/mol. The molecule has 0 radical (unpaired) electrons. The van der Waals surface area contributed by atoms with E-state index in [1.165, 1.54) is 0 Å². The van der Waals surface area contributed by atoms with Crippen LogP contribution >= 0.6 is 15.9 Å². The standard InChI is InChI=1S/C10H14BrNO2/c1-12(4-5-13)7-8-6-9(14)2-3-10(8)11/h2-3,6,13-14H,4-5,7H2,1H3. The van der Waals surface area contributed by atoms with Crippen LogP contribution in [0.4, 0.5) is 0 Å². The Kier molecular flexibility index (Phi) is 4.38. The minimum Gasteiger partial charge on any atom is -0.508 e. The zero-order valence-electron chi connectivity index (χ0n) is 8.07. The molecule has 0 aliphatic carbocycles. The van der Waals surface area contributed by atoms with Gasteiger partial charge in [0.15, 0.2) is 0 Å². The van der Waals surface area contributed by atoms with Crippen LogP contribution in [-0.2, 0) is 6.54 Å². The molecule has 0 aliphatic rings. The summed E-state index contributed by atoms with van der Waals surface area (Å²) in [6, 6.07) is 5.18.